The molecule has 0 aromatic heterocycles. The van der Waals surface area contributed by atoms with Gasteiger partial charge in [0.2, 0.25) is 17.7 Å². The van der Waals surface area contributed by atoms with Gasteiger partial charge in [-0.25, -0.2) is 0 Å². The largest absolute Gasteiger partial charge is 0.344 e. The lowest BCUT2D eigenvalue weighted by Gasteiger charge is -2.36. The molecule has 3 amide bonds. The SMILES string of the molecule is CN[C@@H](C)C(=O)NC(C(=O)N1CCC[C@H]1C(=O)N[C@H](C(=O)C(C)(C)C)C(c1ccccc1)c1ccccc1)C1CCCCC1. The summed E-state index contributed by atoms with van der Waals surface area (Å²) in [5, 5.41) is 9.15. The van der Waals surface area contributed by atoms with Crippen molar-refractivity contribution in [1.29, 1.82) is 0 Å². The molecule has 1 saturated carbocycles. The Balaban J connectivity index is 1.64. The lowest BCUT2D eigenvalue weighted by atomic mass is 9.76. The van der Waals surface area contributed by atoms with Crippen LogP contribution in [-0.2, 0) is 19.2 Å². The Labute approximate surface area is 262 Å². The fourth-order valence-corrected chi connectivity index (χ4v) is 6.65. The van der Waals surface area contributed by atoms with Gasteiger partial charge in [0.1, 0.15) is 12.1 Å². The highest BCUT2D eigenvalue weighted by Gasteiger charge is 2.44. The molecule has 1 unspecified atom stereocenters. The number of Topliss-reactive ketones (excluding diaryl/α,β-unsaturated/α-hetero) is 1. The molecule has 2 fully saturated rings. The van der Waals surface area contributed by atoms with Crippen LogP contribution in [0.5, 0.6) is 0 Å². The minimum absolute atomic E-state index is 0.0318. The third-order valence-corrected chi connectivity index (χ3v) is 9.32. The molecule has 2 aromatic carbocycles. The molecule has 2 aromatic rings. The van der Waals surface area contributed by atoms with Crippen molar-refractivity contribution in [2.24, 2.45) is 11.3 Å². The predicted octanol–water partition coefficient (Wildman–Crippen LogP) is 4.58. The number of rotatable bonds is 11. The lowest BCUT2D eigenvalue weighted by Crippen LogP contribution is -2.59. The van der Waals surface area contributed by atoms with Gasteiger partial charge in [-0.05, 0) is 56.7 Å². The highest BCUT2D eigenvalue weighted by atomic mass is 16.2. The summed E-state index contributed by atoms with van der Waals surface area (Å²) in [6, 6.07) is 16.9. The average Bonchev–Trinajstić information content (AvgIpc) is 3.53. The van der Waals surface area contributed by atoms with E-state index in [4.69, 9.17) is 0 Å². The summed E-state index contributed by atoms with van der Waals surface area (Å²) in [6.45, 7) is 7.83. The maximum Gasteiger partial charge on any atom is 0.246 e. The van der Waals surface area contributed by atoms with Crippen molar-refractivity contribution in [2.45, 2.75) is 103 Å². The lowest BCUT2D eigenvalue weighted by molar-refractivity contribution is -0.144. The Hall–Kier alpha value is -3.52. The van der Waals surface area contributed by atoms with E-state index in [0.29, 0.717) is 19.4 Å². The molecule has 1 saturated heterocycles. The van der Waals surface area contributed by atoms with Crippen LogP contribution in [0.15, 0.2) is 60.7 Å². The maximum absolute atomic E-state index is 14.2. The number of hydrogen-bond acceptors (Lipinski definition) is 5. The number of carbonyl (C=O) groups excluding carboxylic acids is 4. The second-order valence-electron chi connectivity index (χ2n) is 13.5. The molecule has 1 aliphatic heterocycles. The van der Waals surface area contributed by atoms with Crippen molar-refractivity contribution < 1.29 is 19.2 Å². The van der Waals surface area contributed by atoms with Crippen molar-refractivity contribution in [3.05, 3.63) is 71.8 Å². The Morgan fingerprint density at radius 1 is 0.795 bits per heavy atom. The molecule has 3 N–H and O–H groups in total. The molecule has 0 spiro atoms. The van der Waals surface area contributed by atoms with E-state index in [1.54, 1.807) is 18.9 Å². The Bertz CT molecular complexity index is 1230. The minimum Gasteiger partial charge on any atom is -0.344 e. The predicted molar refractivity (Wildman–Crippen MR) is 173 cm³/mol. The van der Waals surface area contributed by atoms with Gasteiger partial charge in [0.05, 0.1) is 12.1 Å². The number of amides is 3. The van der Waals surface area contributed by atoms with Gasteiger partial charge in [-0.3, -0.25) is 19.2 Å². The number of ketones is 1. The molecule has 0 radical (unpaired) electrons. The van der Waals surface area contributed by atoms with Crippen LogP contribution < -0.4 is 16.0 Å². The van der Waals surface area contributed by atoms with E-state index in [1.165, 1.54) is 0 Å². The molecule has 44 heavy (non-hydrogen) atoms. The number of hydrogen-bond donors (Lipinski definition) is 3. The van der Waals surface area contributed by atoms with Crippen molar-refractivity contribution in [2.75, 3.05) is 13.6 Å². The third-order valence-electron chi connectivity index (χ3n) is 9.32. The van der Waals surface area contributed by atoms with Gasteiger partial charge in [0.15, 0.2) is 5.78 Å². The van der Waals surface area contributed by atoms with Gasteiger partial charge in [-0.1, -0.05) is 101 Å². The molecule has 8 heteroatoms. The van der Waals surface area contributed by atoms with Crippen molar-refractivity contribution in [1.82, 2.24) is 20.9 Å². The fourth-order valence-electron chi connectivity index (χ4n) is 6.65. The number of likely N-dealkylation sites (tertiary alicyclic amines) is 1. The molecule has 8 nitrogen and oxygen atoms in total. The summed E-state index contributed by atoms with van der Waals surface area (Å²) >= 11 is 0. The van der Waals surface area contributed by atoms with Crippen LogP contribution in [0.2, 0.25) is 0 Å². The van der Waals surface area contributed by atoms with Crippen LogP contribution in [0.4, 0.5) is 0 Å². The molecule has 4 atom stereocenters. The van der Waals surface area contributed by atoms with Crippen LogP contribution >= 0.6 is 0 Å². The van der Waals surface area contributed by atoms with Crippen LogP contribution in [0, 0.1) is 11.3 Å². The average molecular weight is 603 g/mol. The summed E-state index contributed by atoms with van der Waals surface area (Å²) in [4.78, 5) is 57.1. The first-order chi connectivity index (χ1) is 21.0. The van der Waals surface area contributed by atoms with E-state index in [2.05, 4.69) is 16.0 Å². The topological polar surface area (TPSA) is 108 Å². The molecule has 4 rings (SSSR count). The van der Waals surface area contributed by atoms with Crippen molar-refractivity contribution in [3.8, 4) is 0 Å². The molecule has 2 aliphatic rings. The first-order valence-corrected chi connectivity index (χ1v) is 16.3. The van der Waals surface area contributed by atoms with Gasteiger partial charge in [0, 0.05) is 17.9 Å². The summed E-state index contributed by atoms with van der Waals surface area (Å²) in [5.41, 5.74) is 1.14. The normalized spacial score (nSPS) is 19.7. The first-order valence-electron chi connectivity index (χ1n) is 16.3. The second kappa shape index (κ2) is 15.0. The van der Waals surface area contributed by atoms with Crippen molar-refractivity contribution in [3.63, 3.8) is 0 Å². The molecule has 1 heterocycles. The fraction of sp³-hybridized carbons (Fsp3) is 0.556. The number of nitrogens with one attached hydrogen (secondary N) is 3. The van der Waals surface area contributed by atoms with E-state index in [1.807, 2.05) is 81.4 Å². The van der Waals surface area contributed by atoms with Crippen molar-refractivity contribution >= 4 is 23.5 Å². The minimum atomic E-state index is -0.838. The van der Waals surface area contributed by atoms with Gasteiger partial charge >= 0.3 is 0 Å². The van der Waals surface area contributed by atoms with E-state index >= 15 is 0 Å². The molecule has 1 aliphatic carbocycles. The zero-order valence-corrected chi connectivity index (χ0v) is 27.0. The third kappa shape index (κ3) is 7.95. The van der Waals surface area contributed by atoms with Gasteiger partial charge in [-0.15, -0.1) is 0 Å². The Morgan fingerprint density at radius 3 is 1.89 bits per heavy atom. The van der Waals surface area contributed by atoms with E-state index < -0.39 is 35.5 Å². The molecule has 238 valence electrons. The quantitative estimate of drug-likeness (QED) is 0.349. The molecule has 0 bridgehead atoms. The molecular formula is C36H50N4O4. The summed E-state index contributed by atoms with van der Waals surface area (Å²) in [7, 11) is 1.72. The number of carbonyl (C=O) groups is 4. The first kappa shape index (κ1) is 33.4. The zero-order chi connectivity index (χ0) is 31.9. The van der Waals surface area contributed by atoms with E-state index in [0.717, 1.165) is 43.2 Å². The standard InChI is InChI=1S/C36H50N4O4/c1-24(37-5)33(42)38-30(27-20-13-8-14-21-27)35(44)40-23-15-22-28(40)34(43)39-31(32(41)36(2,3)4)29(25-16-9-6-10-17-25)26-18-11-7-12-19-26/h6-7,9-12,16-19,24,27-31,37H,8,13-15,20-23H2,1-5H3,(H,38,42)(H,39,43)/t24-,28-,30?,31-/m0/s1. The monoisotopic (exact) mass is 602 g/mol. The van der Waals surface area contributed by atoms with Crippen LogP contribution in [0.3, 0.4) is 0 Å². The van der Waals surface area contributed by atoms with Crippen LogP contribution in [-0.4, -0.2) is 66.2 Å². The number of benzene rings is 2. The number of likely N-dealkylation sites (N-methyl/N-ethyl adjacent to an activating group) is 1. The number of nitrogens with zero attached hydrogens (tertiary/aromatic N) is 1. The van der Waals surface area contributed by atoms with Gasteiger partial charge < -0.3 is 20.9 Å². The van der Waals surface area contributed by atoms with Gasteiger partial charge in [0.25, 0.3) is 0 Å². The van der Waals surface area contributed by atoms with E-state index in [9.17, 15) is 19.2 Å². The van der Waals surface area contributed by atoms with Crippen LogP contribution in [0.25, 0.3) is 0 Å². The summed E-state index contributed by atoms with van der Waals surface area (Å²) in [6.07, 6.45) is 6.09. The highest BCUT2D eigenvalue weighted by Crippen LogP contribution is 2.34. The summed E-state index contributed by atoms with van der Waals surface area (Å²) in [5.74, 6) is -1.20. The Morgan fingerprint density at radius 2 is 1.36 bits per heavy atom. The van der Waals surface area contributed by atoms with Crippen LogP contribution in [0.1, 0.15) is 89.7 Å². The van der Waals surface area contributed by atoms with Gasteiger partial charge in [-0.2, -0.15) is 0 Å². The molecular weight excluding hydrogens is 552 g/mol. The summed E-state index contributed by atoms with van der Waals surface area (Å²) < 4.78 is 0. The second-order valence-corrected chi connectivity index (χ2v) is 13.5. The van der Waals surface area contributed by atoms with E-state index in [-0.39, 0.29) is 29.4 Å². The maximum atomic E-state index is 14.2. The smallest absolute Gasteiger partial charge is 0.246 e. The highest BCUT2D eigenvalue weighted by molar-refractivity contribution is 5.97. The zero-order valence-electron chi connectivity index (χ0n) is 27.0. The Kier molecular flexibility index (Phi) is 11.4.